The predicted octanol–water partition coefficient (Wildman–Crippen LogP) is 9.71. The van der Waals surface area contributed by atoms with Crippen molar-refractivity contribution in [3.8, 4) is 11.5 Å². The number of anilines is 6. The molecule has 0 atom stereocenters. The third-order valence-corrected chi connectivity index (χ3v) is 9.18. The second-order valence-electron chi connectivity index (χ2n) is 11.9. The molecular weight excluding hydrogens is 784 g/mol. The average molecular weight is 810 g/mol. The van der Waals surface area contributed by atoms with Crippen LogP contribution in [0.5, 0.6) is 11.5 Å². The van der Waals surface area contributed by atoms with Gasteiger partial charge in [-0.05, 0) is 48.5 Å². The van der Waals surface area contributed by atoms with E-state index >= 15 is 0 Å². The van der Waals surface area contributed by atoms with E-state index in [4.69, 9.17) is 8.83 Å². The van der Waals surface area contributed by atoms with Crippen LogP contribution in [0, 0.1) is 13.3 Å². The monoisotopic (exact) mass is 809 g/mol. The standard InChI is InChI=1S/C39H26N4O4.Pt/c44-34-17-26-24-9-1-7-15-36(24)46-38(26)19-32(34)42-22-40(28-11-3-5-13-30(28)42)21-41-23-43(31-14-6-4-12-29(31)41)33-20-39-27(18-35(33)45)25-10-2-8-16-37(25)47-39;/h1-20,22-23,44-45H,21H2;/q-2;+2. The van der Waals surface area contributed by atoms with Gasteiger partial charge in [0.05, 0.1) is 11.4 Å². The third-order valence-electron chi connectivity index (χ3n) is 9.18. The van der Waals surface area contributed by atoms with Gasteiger partial charge in [0.15, 0.2) is 0 Å². The zero-order valence-electron chi connectivity index (χ0n) is 25.2. The predicted molar refractivity (Wildman–Crippen MR) is 186 cm³/mol. The molecule has 10 rings (SSSR count). The van der Waals surface area contributed by atoms with Crippen molar-refractivity contribution < 1.29 is 40.1 Å². The Kier molecular flexibility index (Phi) is 6.39. The maximum Gasteiger partial charge on any atom is 2.00 e. The molecule has 0 amide bonds. The van der Waals surface area contributed by atoms with Crippen LogP contribution >= 0.6 is 0 Å². The summed E-state index contributed by atoms with van der Waals surface area (Å²) < 4.78 is 12.3. The summed E-state index contributed by atoms with van der Waals surface area (Å²) in [6.07, 6.45) is 0. The summed E-state index contributed by atoms with van der Waals surface area (Å²) in [5, 5.41) is 26.3. The van der Waals surface area contributed by atoms with Crippen molar-refractivity contribution in [3.05, 3.63) is 135 Å². The molecule has 0 saturated heterocycles. The number of para-hydroxylation sites is 6. The van der Waals surface area contributed by atoms with Crippen LogP contribution < -0.4 is 19.6 Å². The Bertz CT molecular complexity index is 2370. The maximum absolute atomic E-state index is 11.3. The summed E-state index contributed by atoms with van der Waals surface area (Å²) in [5.74, 6) is 0.329. The van der Waals surface area contributed by atoms with Gasteiger partial charge in [-0.15, -0.1) is 13.3 Å². The minimum absolute atomic E-state index is 0. The molecule has 0 bridgehead atoms. The van der Waals surface area contributed by atoms with Crippen molar-refractivity contribution in [3.63, 3.8) is 0 Å². The SMILES string of the molecule is Oc1cc2c(cc1N1[CH-]N(CN3[CH-]N(c4cc5oc6ccccc6c5cc4O)c4ccccc43)c3ccccc31)oc1ccccc12.[Pt+2]. The minimum Gasteiger partial charge on any atom is -0.506 e. The van der Waals surface area contributed by atoms with Gasteiger partial charge in [0, 0.05) is 63.1 Å². The molecule has 6 aromatic carbocycles. The minimum atomic E-state index is 0. The van der Waals surface area contributed by atoms with Crippen LogP contribution in [0.25, 0.3) is 43.9 Å². The third kappa shape index (κ3) is 4.19. The zero-order chi connectivity index (χ0) is 31.2. The van der Waals surface area contributed by atoms with E-state index in [9.17, 15) is 10.2 Å². The smallest absolute Gasteiger partial charge is 0.506 e. The Morgan fingerprint density at radius 3 is 1.29 bits per heavy atom. The molecular formula is C39H26N4O4Pt. The second-order valence-corrected chi connectivity index (χ2v) is 11.9. The topological polar surface area (TPSA) is 79.7 Å². The van der Waals surface area contributed by atoms with Crippen molar-refractivity contribution in [2.45, 2.75) is 0 Å². The molecule has 0 aliphatic carbocycles. The molecule has 2 aliphatic heterocycles. The van der Waals surface area contributed by atoms with E-state index in [2.05, 4.69) is 21.9 Å². The van der Waals surface area contributed by atoms with Gasteiger partial charge in [0.1, 0.15) is 33.8 Å². The van der Waals surface area contributed by atoms with Gasteiger partial charge in [-0.3, -0.25) is 0 Å². The van der Waals surface area contributed by atoms with Gasteiger partial charge in [0.2, 0.25) is 0 Å². The van der Waals surface area contributed by atoms with Crippen molar-refractivity contribution in [2.24, 2.45) is 0 Å². The number of nitrogens with zero attached hydrogens (tertiary/aromatic N) is 4. The first-order chi connectivity index (χ1) is 23.1. The molecule has 8 nitrogen and oxygen atoms in total. The van der Waals surface area contributed by atoms with Gasteiger partial charge >= 0.3 is 21.1 Å². The number of phenols is 2. The maximum atomic E-state index is 11.3. The number of furan rings is 2. The molecule has 8 aromatic rings. The molecule has 2 N–H and O–H groups in total. The van der Waals surface area contributed by atoms with Crippen molar-refractivity contribution in [2.75, 3.05) is 26.3 Å². The summed E-state index contributed by atoms with van der Waals surface area (Å²) in [4.78, 5) is 8.30. The first-order valence-electron chi connectivity index (χ1n) is 15.4. The van der Waals surface area contributed by atoms with E-state index in [1.54, 1.807) is 12.1 Å². The Hall–Kier alpha value is -5.59. The fourth-order valence-corrected chi connectivity index (χ4v) is 7.01. The summed E-state index contributed by atoms with van der Waals surface area (Å²) in [5.41, 5.74) is 8.11. The molecule has 4 heterocycles. The van der Waals surface area contributed by atoms with E-state index in [-0.39, 0.29) is 32.6 Å². The fourth-order valence-electron chi connectivity index (χ4n) is 7.01. The van der Waals surface area contributed by atoms with Crippen LogP contribution in [0.15, 0.2) is 130 Å². The number of hydrogen-bond acceptors (Lipinski definition) is 8. The number of phenolic OH excluding ortho intramolecular Hbond substituents is 2. The van der Waals surface area contributed by atoms with E-state index in [0.717, 1.165) is 55.5 Å². The molecule has 0 radical (unpaired) electrons. The Labute approximate surface area is 289 Å². The van der Waals surface area contributed by atoms with Crippen LogP contribution in [0.4, 0.5) is 34.1 Å². The van der Waals surface area contributed by atoms with Crippen molar-refractivity contribution in [1.29, 1.82) is 0 Å². The number of benzene rings is 6. The van der Waals surface area contributed by atoms with Crippen LogP contribution in [-0.4, -0.2) is 16.9 Å². The van der Waals surface area contributed by atoms with Gasteiger partial charge < -0.3 is 38.6 Å². The molecule has 0 saturated carbocycles. The van der Waals surface area contributed by atoms with E-state index < -0.39 is 0 Å². The number of rotatable bonds is 4. The van der Waals surface area contributed by atoms with Crippen molar-refractivity contribution >= 4 is 78.0 Å². The molecule has 0 spiro atoms. The van der Waals surface area contributed by atoms with Gasteiger partial charge in [-0.1, -0.05) is 60.7 Å². The number of hydrogen-bond donors (Lipinski definition) is 2. The van der Waals surface area contributed by atoms with E-state index in [1.807, 2.05) is 120 Å². The zero-order valence-corrected chi connectivity index (χ0v) is 27.5. The Morgan fingerprint density at radius 1 is 0.438 bits per heavy atom. The molecule has 0 fully saturated rings. The summed E-state index contributed by atoms with van der Waals surface area (Å²) in [7, 11) is 0. The molecule has 0 unspecified atom stereocenters. The van der Waals surface area contributed by atoms with Gasteiger partial charge in [-0.2, -0.15) is 0 Å². The number of fused-ring (bicyclic) bond motifs is 8. The molecule has 2 aliphatic rings. The summed E-state index contributed by atoms with van der Waals surface area (Å²) in [6, 6.07) is 39.3. The molecule has 48 heavy (non-hydrogen) atoms. The largest absolute Gasteiger partial charge is 2.00 e. The normalized spacial score (nSPS) is 14.0. The summed E-state index contributed by atoms with van der Waals surface area (Å²) >= 11 is 0. The van der Waals surface area contributed by atoms with Crippen LogP contribution in [0.3, 0.4) is 0 Å². The van der Waals surface area contributed by atoms with Crippen LogP contribution in [-0.2, 0) is 21.1 Å². The van der Waals surface area contributed by atoms with Crippen LogP contribution in [0.2, 0.25) is 0 Å². The molecule has 236 valence electrons. The average Bonchev–Trinajstić information content (AvgIpc) is 3.85. The van der Waals surface area contributed by atoms with E-state index in [1.165, 1.54) is 0 Å². The van der Waals surface area contributed by atoms with E-state index in [0.29, 0.717) is 29.2 Å². The van der Waals surface area contributed by atoms with Gasteiger partial charge in [-0.25, -0.2) is 0 Å². The Balaban J connectivity index is 0.00000314. The fraction of sp³-hybridized carbons (Fsp3) is 0.0256. The number of aromatic hydroxyl groups is 2. The first-order valence-corrected chi connectivity index (χ1v) is 15.4. The second kappa shape index (κ2) is 10.7. The van der Waals surface area contributed by atoms with Gasteiger partial charge in [0.25, 0.3) is 0 Å². The summed E-state index contributed by atoms with van der Waals surface area (Å²) in [6.45, 7) is 4.48. The van der Waals surface area contributed by atoms with Crippen LogP contribution in [0.1, 0.15) is 0 Å². The Morgan fingerprint density at radius 2 is 0.833 bits per heavy atom. The quantitative estimate of drug-likeness (QED) is 0.170. The first kappa shape index (κ1) is 28.6. The molecule has 9 heteroatoms. The van der Waals surface area contributed by atoms with Crippen molar-refractivity contribution in [1.82, 2.24) is 0 Å². The molecule has 2 aromatic heterocycles.